The van der Waals surface area contributed by atoms with Gasteiger partial charge in [-0.25, -0.2) is 4.39 Å². The molecule has 102 valence electrons. The van der Waals surface area contributed by atoms with Gasteiger partial charge < -0.3 is 15.1 Å². The van der Waals surface area contributed by atoms with Crippen LogP contribution in [-0.4, -0.2) is 16.7 Å². The second-order valence-electron chi connectivity index (χ2n) is 3.66. The van der Waals surface area contributed by atoms with Crippen LogP contribution in [0.1, 0.15) is 12.8 Å². The third kappa shape index (κ3) is 3.56. The predicted molar refractivity (Wildman–Crippen MR) is 71.4 cm³/mol. The van der Waals surface area contributed by atoms with Crippen molar-refractivity contribution < 1.29 is 8.81 Å². The quantitative estimate of drug-likeness (QED) is 0.829. The van der Waals surface area contributed by atoms with E-state index < -0.39 is 5.82 Å². The molecule has 0 aliphatic heterocycles. The molecule has 1 heterocycles. The highest BCUT2D eigenvalue weighted by atomic mass is 35.5. The number of nitrogens with one attached hydrogen (secondary N) is 2. The van der Waals surface area contributed by atoms with E-state index in [-0.39, 0.29) is 16.1 Å². The van der Waals surface area contributed by atoms with Gasteiger partial charge in [0.15, 0.2) is 5.82 Å². The minimum Gasteiger partial charge on any atom is -0.406 e. The van der Waals surface area contributed by atoms with Gasteiger partial charge in [0.25, 0.3) is 0 Å². The van der Waals surface area contributed by atoms with Crippen LogP contribution in [0.5, 0.6) is 0 Å². The van der Waals surface area contributed by atoms with Crippen molar-refractivity contribution in [1.29, 1.82) is 0 Å². The Hall–Kier alpha value is -1.37. The topological polar surface area (TPSA) is 63.0 Å². The Morgan fingerprint density at radius 3 is 2.58 bits per heavy atom. The smallest absolute Gasteiger partial charge is 0.320 e. The molecule has 0 unspecified atom stereocenters. The summed E-state index contributed by atoms with van der Waals surface area (Å²) in [6.45, 7) is 3.25. The number of hydrogen-bond acceptors (Lipinski definition) is 5. The van der Waals surface area contributed by atoms with Crippen LogP contribution in [0.3, 0.4) is 0 Å². The van der Waals surface area contributed by atoms with E-state index >= 15 is 0 Å². The van der Waals surface area contributed by atoms with Crippen molar-refractivity contribution in [2.24, 2.45) is 0 Å². The molecule has 0 radical (unpaired) electrons. The van der Waals surface area contributed by atoms with Crippen LogP contribution >= 0.6 is 23.2 Å². The molecule has 8 heteroatoms. The molecule has 0 atom stereocenters. The summed E-state index contributed by atoms with van der Waals surface area (Å²) < 4.78 is 18.6. The molecule has 0 fully saturated rings. The summed E-state index contributed by atoms with van der Waals surface area (Å²) in [7, 11) is 0. The zero-order valence-corrected chi connectivity index (χ0v) is 11.5. The molecule has 0 amide bonds. The fourth-order valence-electron chi connectivity index (χ4n) is 1.36. The average Bonchev–Trinajstić information content (AvgIpc) is 2.81. The summed E-state index contributed by atoms with van der Waals surface area (Å²) in [5.41, 5.74) is 0.468. The van der Waals surface area contributed by atoms with Crippen LogP contribution < -0.4 is 10.6 Å². The molecule has 1 aromatic carbocycles. The summed E-state index contributed by atoms with van der Waals surface area (Å²) in [5, 5.41) is 13.3. The number of halogens is 3. The molecule has 0 bridgehead atoms. The van der Waals surface area contributed by atoms with Gasteiger partial charge in [0.1, 0.15) is 0 Å². The maximum absolute atomic E-state index is 13.2. The molecule has 1 aromatic heterocycles. The molecular formula is C11H11Cl2FN4O. The number of rotatable bonds is 5. The minimum absolute atomic E-state index is 0.0811. The molecule has 0 saturated heterocycles. The lowest BCUT2D eigenvalue weighted by Gasteiger charge is -2.04. The predicted octanol–water partition coefficient (Wildman–Crippen LogP) is 3.37. The fraction of sp³-hybridized carbons (Fsp3) is 0.273. The molecule has 0 aliphatic rings. The van der Waals surface area contributed by atoms with Crippen molar-refractivity contribution in [3.8, 4) is 0 Å². The highest BCUT2D eigenvalue weighted by molar-refractivity contribution is 6.35. The van der Waals surface area contributed by atoms with Crippen LogP contribution in [0, 0.1) is 5.82 Å². The van der Waals surface area contributed by atoms with Crippen LogP contribution in [0.4, 0.5) is 16.1 Å². The normalized spacial score (nSPS) is 10.7. The maximum atomic E-state index is 13.2. The van der Waals surface area contributed by atoms with Crippen molar-refractivity contribution in [2.75, 3.05) is 11.9 Å². The zero-order chi connectivity index (χ0) is 13.8. The minimum atomic E-state index is -0.660. The van der Waals surface area contributed by atoms with Gasteiger partial charge in [0, 0.05) is 5.69 Å². The van der Waals surface area contributed by atoms with E-state index in [1.54, 1.807) is 0 Å². The van der Waals surface area contributed by atoms with E-state index in [2.05, 4.69) is 20.8 Å². The van der Waals surface area contributed by atoms with Crippen molar-refractivity contribution in [3.63, 3.8) is 0 Å². The Morgan fingerprint density at radius 2 is 1.95 bits per heavy atom. The largest absolute Gasteiger partial charge is 0.406 e. The monoisotopic (exact) mass is 304 g/mol. The Labute approximate surface area is 119 Å². The molecule has 0 saturated carbocycles. The lowest BCUT2D eigenvalue weighted by Crippen LogP contribution is -2.11. The van der Waals surface area contributed by atoms with E-state index in [9.17, 15) is 4.39 Å². The second kappa shape index (κ2) is 6.18. The third-order valence-corrected chi connectivity index (χ3v) is 2.78. The molecular weight excluding hydrogens is 294 g/mol. The van der Waals surface area contributed by atoms with Gasteiger partial charge in [-0.05, 0) is 18.7 Å². The highest BCUT2D eigenvalue weighted by Crippen LogP contribution is 2.28. The van der Waals surface area contributed by atoms with Gasteiger partial charge in [-0.3, -0.25) is 0 Å². The van der Waals surface area contributed by atoms with Crippen LogP contribution in [-0.2, 0) is 6.54 Å². The summed E-state index contributed by atoms with van der Waals surface area (Å²) in [6.07, 6.45) is 0. The fourth-order valence-corrected chi connectivity index (χ4v) is 1.85. The molecule has 2 aromatic rings. The Kier molecular flexibility index (Phi) is 4.57. The summed E-state index contributed by atoms with van der Waals surface area (Å²) in [5.74, 6) is -0.212. The Bertz CT molecular complexity index is 553. The third-order valence-electron chi connectivity index (χ3n) is 2.23. The molecule has 5 nitrogen and oxygen atoms in total. The van der Waals surface area contributed by atoms with Crippen molar-refractivity contribution in [1.82, 2.24) is 15.5 Å². The first kappa shape index (κ1) is 14.0. The molecule has 2 rings (SSSR count). The number of nitrogens with zero attached hydrogens (tertiary/aromatic N) is 2. The highest BCUT2D eigenvalue weighted by Gasteiger charge is 2.10. The standard InChI is InChI=1S/C11H11Cl2FN4O/c1-2-15-5-9-17-18-11(19-9)16-6-3-7(12)10(14)8(13)4-6/h3-4,15H,2,5H2,1H3,(H,16,18). The van der Waals surface area contributed by atoms with Crippen molar-refractivity contribution in [3.05, 3.63) is 33.9 Å². The van der Waals surface area contributed by atoms with Crippen LogP contribution in [0.25, 0.3) is 0 Å². The van der Waals surface area contributed by atoms with E-state index in [1.165, 1.54) is 12.1 Å². The first-order valence-corrected chi connectivity index (χ1v) is 6.30. The van der Waals surface area contributed by atoms with Crippen molar-refractivity contribution >= 4 is 34.9 Å². The molecule has 2 N–H and O–H groups in total. The Morgan fingerprint density at radius 1 is 1.26 bits per heavy atom. The first-order chi connectivity index (χ1) is 9.10. The van der Waals surface area contributed by atoms with Gasteiger partial charge in [0.05, 0.1) is 16.6 Å². The first-order valence-electron chi connectivity index (χ1n) is 5.54. The van der Waals surface area contributed by atoms with Crippen LogP contribution in [0.2, 0.25) is 10.0 Å². The number of hydrogen-bond donors (Lipinski definition) is 2. The molecule has 0 spiro atoms. The number of anilines is 2. The second-order valence-corrected chi connectivity index (χ2v) is 4.47. The van der Waals surface area contributed by atoms with Gasteiger partial charge in [-0.2, -0.15) is 0 Å². The molecule has 0 aliphatic carbocycles. The summed E-state index contributed by atoms with van der Waals surface area (Å²) in [6, 6.07) is 2.96. The van der Waals surface area contributed by atoms with Gasteiger partial charge in [-0.1, -0.05) is 35.2 Å². The van der Waals surface area contributed by atoms with E-state index in [4.69, 9.17) is 27.6 Å². The van der Waals surface area contributed by atoms with Gasteiger partial charge in [-0.15, -0.1) is 5.10 Å². The Balaban J connectivity index is 2.10. The summed E-state index contributed by atoms with van der Waals surface area (Å²) in [4.78, 5) is 0. The maximum Gasteiger partial charge on any atom is 0.320 e. The number of aromatic nitrogens is 2. The average molecular weight is 305 g/mol. The lowest BCUT2D eigenvalue weighted by molar-refractivity contribution is 0.484. The van der Waals surface area contributed by atoms with Crippen molar-refractivity contribution in [2.45, 2.75) is 13.5 Å². The summed E-state index contributed by atoms with van der Waals surface area (Å²) >= 11 is 11.4. The lowest BCUT2D eigenvalue weighted by atomic mass is 10.3. The van der Waals surface area contributed by atoms with E-state index in [0.717, 1.165) is 6.54 Å². The van der Waals surface area contributed by atoms with E-state index in [0.29, 0.717) is 18.1 Å². The zero-order valence-electron chi connectivity index (χ0n) is 10.0. The van der Waals surface area contributed by atoms with Gasteiger partial charge in [0.2, 0.25) is 5.89 Å². The van der Waals surface area contributed by atoms with Crippen LogP contribution in [0.15, 0.2) is 16.5 Å². The van der Waals surface area contributed by atoms with E-state index in [1.807, 2.05) is 6.92 Å². The SMILES string of the molecule is CCNCc1nnc(Nc2cc(Cl)c(F)c(Cl)c2)o1. The number of benzene rings is 1. The van der Waals surface area contributed by atoms with Gasteiger partial charge >= 0.3 is 6.01 Å². The molecule has 19 heavy (non-hydrogen) atoms.